The van der Waals surface area contributed by atoms with Crippen molar-refractivity contribution >= 4 is 0 Å². The minimum atomic E-state index is -4.19. The van der Waals surface area contributed by atoms with E-state index in [9.17, 15) is 13.2 Å². The maximum Gasteiger partial charge on any atom is 0.390 e. The monoisotopic (exact) mass is 287 g/mol. The number of halogens is 3. The van der Waals surface area contributed by atoms with Gasteiger partial charge in [0.25, 0.3) is 0 Å². The minimum absolute atomic E-state index is 0.00732. The molecule has 1 atom stereocenters. The fourth-order valence-corrected chi connectivity index (χ4v) is 2.49. The van der Waals surface area contributed by atoms with Gasteiger partial charge in [-0.3, -0.25) is 0 Å². The van der Waals surface area contributed by atoms with Crippen molar-refractivity contribution in [2.24, 2.45) is 5.41 Å². The SMILES string of the molecule is OCCC1(CNC(CC(F)(F)F)c2ccccc2)CC1. The Bertz CT molecular complexity index is 415. The van der Waals surface area contributed by atoms with Crippen LogP contribution in [0.2, 0.25) is 0 Å². The first-order valence-corrected chi connectivity index (χ1v) is 6.90. The summed E-state index contributed by atoms with van der Waals surface area (Å²) >= 11 is 0. The van der Waals surface area contributed by atoms with Crippen molar-refractivity contribution in [3.63, 3.8) is 0 Å². The summed E-state index contributed by atoms with van der Waals surface area (Å²) in [5.41, 5.74) is 0.664. The van der Waals surface area contributed by atoms with E-state index in [1.807, 2.05) is 0 Å². The van der Waals surface area contributed by atoms with Gasteiger partial charge >= 0.3 is 6.18 Å². The van der Waals surface area contributed by atoms with E-state index in [1.165, 1.54) is 0 Å². The molecule has 0 amide bonds. The van der Waals surface area contributed by atoms with Crippen molar-refractivity contribution in [3.05, 3.63) is 35.9 Å². The van der Waals surface area contributed by atoms with Crippen LogP contribution < -0.4 is 5.32 Å². The van der Waals surface area contributed by atoms with Crippen LogP contribution in [0.3, 0.4) is 0 Å². The van der Waals surface area contributed by atoms with Gasteiger partial charge < -0.3 is 10.4 Å². The third-order valence-corrected chi connectivity index (χ3v) is 3.96. The first kappa shape index (κ1) is 15.3. The Balaban J connectivity index is 2.00. The fourth-order valence-electron chi connectivity index (χ4n) is 2.49. The minimum Gasteiger partial charge on any atom is -0.396 e. The van der Waals surface area contributed by atoms with Crippen LogP contribution in [0, 0.1) is 5.41 Å². The Morgan fingerprint density at radius 1 is 1.20 bits per heavy atom. The summed E-state index contributed by atoms with van der Waals surface area (Å²) in [5.74, 6) is 0. The molecule has 2 rings (SSSR count). The second kappa shape index (κ2) is 6.14. The molecule has 0 saturated heterocycles. The van der Waals surface area contributed by atoms with Gasteiger partial charge in [-0.2, -0.15) is 13.2 Å². The van der Waals surface area contributed by atoms with Crippen LogP contribution in [0.4, 0.5) is 13.2 Å². The maximum atomic E-state index is 12.7. The lowest BCUT2D eigenvalue weighted by atomic mass is 9.99. The Hall–Kier alpha value is -1.07. The molecule has 1 aromatic carbocycles. The lowest BCUT2D eigenvalue weighted by Crippen LogP contribution is -2.32. The number of hydrogen-bond donors (Lipinski definition) is 2. The van der Waals surface area contributed by atoms with Gasteiger partial charge in [0, 0.05) is 19.2 Å². The van der Waals surface area contributed by atoms with E-state index in [2.05, 4.69) is 5.32 Å². The summed E-state index contributed by atoms with van der Waals surface area (Å²) < 4.78 is 38.1. The molecule has 0 aromatic heterocycles. The molecular formula is C15H20F3NO. The highest BCUT2D eigenvalue weighted by Crippen LogP contribution is 2.48. The normalized spacial score (nSPS) is 18.8. The van der Waals surface area contributed by atoms with Gasteiger partial charge in [-0.1, -0.05) is 30.3 Å². The van der Waals surface area contributed by atoms with E-state index in [1.54, 1.807) is 30.3 Å². The first-order valence-electron chi connectivity index (χ1n) is 6.90. The molecule has 1 fully saturated rings. The highest BCUT2D eigenvalue weighted by Gasteiger charge is 2.42. The number of aliphatic hydroxyl groups excluding tert-OH is 1. The average Bonchev–Trinajstić information content (AvgIpc) is 3.15. The molecule has 1 aromatic rings. The van der Waals surface area contributed by atoms with E-state index in [0.29, 0.717) is 18.5 Å². The van der Waals surface area contributed by atoms with Crippen LogP contribution in [0.25, 0.3) is 0 Å². The molecule has 0 radical (unpaired) electrons. The second-order valence-electron chi connectivity index (χ2n) is 5.64. The Labute approximate surface area is 117 Å². The number of nitrogens with one attached hydrogen (secondary N) is 1. The van der Waals surface area contributed by atoms with Crippen molar-refractivity contribution in [1.82, 2.24) is 5.32 Å². The van der Waals surface area contributed by atoms with E-state index in [0.717, 1.165) is 12.8 Å². The number of alkyl halides is 3. The third kappa shape index (κ3) is 4.49. The molecule has 1 aliphatic rings. The molecule has 20 heavy (non-hydrogen) atoms. The van der Waals surface area contributed by atoms with Crippen LogP contribution >= 0.6 is 0 Å². The molecule has 1 unspecified atom stereocenters. The van der Waals surface area contributed by atoms with Crippen LogP contribution in [0.15, 0.2) is 30.3 Å². The molecule has 5 heteroatoms. The number of hydrogen-bond acceptors (Lipinski definition) is 2. The molecule has 0 aliphatic heterocycles. The summed E-state index contributed by atoms with van der Waals surface area (Å²) in [7, 11) is 0. The van der Waals surface area contributed by atoms with Crippen LogP contribution in [0.1, 0.15) is 37.3 Å². The second-order valence-corrected chi connectivity index (χ2v) is 5.64. The van der Waals surface area contributed by atoms with Crippen LogP contribution in [0.5, 0.6) is 0 Å². The smallest absolute Gasteiger partial charge is 0.390 e. The van der Waals surface area contributed by atoms with Gasteiger partial charge in [0.1, 0.15) is 0 Å². The first-order chi connectivity index (χ1) is 9.44. The molecule has 1 aliphatic carbocycles. The molecule has 112 valence electrons. The van der Waals surface area contributed by atoms with E-state index < -0.39 is 18.6 Å². The largest absolute Gasteiger partial charge is 0.396 e. The quantitative estimate of drug-likeness (QED) is 0.805. The fraction of sp³-hybridized carbons (Fsp3) is 0.600. The predicted molar refractivity (Wildman–Crippen MR) is 71.2 cm³/mol. The zero-order valence-electron chi connectivity index (χ0n) is 11.3. The summed E-state index contributed by atoms with van der Waals surface area (Å²) in [6, 6.07) is 8.02. The number of rotatable bonds is 7. The molecule has 0 spiro atoms. The summed E-state index contributed by atoms with van der Waals surface area (Å²) in [6.45, 7) is 0.625. The zero-order valence-corrected chi connectivity index (χ0v) is 11.3. The standard InChI is InChI=1S/C15H20F3NO/c16-15(17,18)10-13(12-4-2-1-3-5-12)19-11-14(6-7-14)8-9-20/h1-5,13,19-20H,6-11H2. The number of aliphatic hydroxyl groups is 1. The van der Waals surface area contributed by atoms with Crippen molar-refractivity contribution in [3.8, 4) is 0 Å². The lowest BCUT2D eigenvalue weighted by Gasteiger charge is -2.24. The van der Waals surface area contributed by atoms with E-state index >= 15 is 0 Å². The maximum absolute atomic E-state index is 12.7. The van der Waals surface area contributed by atoms with E-state index in [4.69, 9.17) is 5.11 Å². The molecular weight excluding hydrogens is 267 g/mol. The van der Waals surface area contributed by atoms with Gasteiger partial charge in [-0.25, -0.2) is 0 Å². The van der Waals surface area contributed by atoms with Gasteiger partial charge in [0.05, 0.1) is 6.42 Å². The topological polar surface area (TPSA) is 32.3 Å². The summed E-state index contributed by atoms with van der Waals surface area (Å²) in [4.78, 5) is 0. The third-order valence-electron chi connectivity index (χ3n) is 3.96. The number of benzene rings is 1. The van der Waals surface area contributed by atoms with Crippen molar-refractivity contribution in [2.75, 3.05) is 13.2 Å². The Morgan fingerprint density at radius 3 is 2.35 bits per heavy atom. The average molecular weight is 287 g/mol. The highest BCUT2D eigenvalue weighted by molar-refractivity contribution is 5.19. The molecule has 0 bridgehead atoms. The predicted octanol–water partition coefficient (Wildman–Crippen LogP) is 3.43. The zero-order chi connectivity index (χ0) is 14.6. The van der Waals surface area contributed by atoms with Crippen molar-refractivity contribution in [2.45, 2.75) is 37.9 Å². The Morgan fingerprint density at radius 2 is 1.85 bits per heavy atom. The highest BCUT2D eigenvalue weighted by atomic mass is 19.4. The van der Waals surface area contributed by atoms with Gasteiger partial charge in [0.2, 0.25) is 0 Å². The molecule has 2 N–H and O–H groups in total. The molecule has 1 saturated carbocycles. The lowest BCUT2D eigenvalue weighted by molar-refractivity contribution is -0.140. The van der Waals surface area contributed by atoms with E-state index in [-0.39, 0.29) is 12.0 Å². The van der Waals surface area contributed by atoms with Crippen molar-refractivity contribution < 1.29 is 18.3 Å². The van der Waals surface area contributed by atoms with Crippen LogP contribution in [-0.4, -0.2) is 24.4 Å². The van der Waals surface area contributed by atoms with Crippen LogP contribution in [-0.2, 0) is 0 Å². The summed E-state index contributed by atoms with van der Waals surface area (Å²) in [6.07, 6.45) is -2.44. The van der Waals surface area contributed by atoms with Crippen molar-refractivity contribution in [1.29, 1.82) is 0 Å². The van der Waals surface area contributed by atoms with Gasteiger partial charge in [0.15, 0.2) is 0 Å². The molecule has 2 nitrogen and oxygen atoms in total. The Kier molecular flexibility index (Phi) is 4.70. The van der Waals surface area contributed by atoms with Gasteiger partial charge in [-0.15, -0.1) is 0 Å². The van der Waals surface area contributed by atoms with Gasteiger partial charge in [-0.05, 0) is 30.2 Å². The summed E-state index contributed by atoms with van der Waals surface area (Å²) in [5, 5.41) is 12.1. The molecule has 0 heterocycles.